The van der Waals surface area contributed by atoms with Gasteiger partial charge >= 0.3 is 0 Å². The highest BCUT2D eigenvalue weighted by atomic mass is 79.9. The monoisotopic (exact) mass is 288 g/mol. The number of halogens is 1. The maximum Gasteiger partial charge on any atom is 0.0704 e. The molecule has 1 heterocycles. The van der Waals surface area contributed by atoms with Crippen LogP contribution in [0.1, 0.15) is 11.1 Å². The van der Waals surface area contributed by atoms with E-state index in [1.165, 1.54) is 11.1 Å². The van der Waals surface area contributed by atoms with Gasteiger partial charge in [0.15, 0.2) is 0 Å². The van der Waals surface area contributed by atoms with Gasteiger partial charge in [0.25, 0.3) is 0 Å². The second kappa shape index (κ2) is 4.24. The summed E-state index contributed by atoms with van der Waals surface area (Å²) < 4.78 is 1.09. The van der Waals surface area contributed by atoms with E-state index in [1.807, 2.05) is 18.3 Å². The average molecular weight is 289 g/mol. The summed E-state index contributed by atoms with van der Waals surface area (Å²) in [5.41, 5.74) is 10.8. The molecule has 0 saturated heterocycles. The van der Waals surface area contributed by atoms with Crippen molar-refractivity contribution in [1.82, 2.24) is 4.98 Å². The lowest BCUT2D eigenvalue weighted by Crippen LogP contribution is -2.18. The molecule has 0 saturated carbocycles. The van der Waals surface area contributed by atoms with Gasteiger partial charge in [0.2, 0.25) is 0 Å². The van der Waals surface area contributed by atoms with Crippen molar-refractivity contribution in [1.29, 1.82) is 0 Å². The summed E-state index contributed by atoms with van der Waals surface area (Å²) in [6.45, 7) is 0. The van der Waals surface area contributed by atoms with Gasteiger partial charge in [0.1, 0.15) is 0 Å². The van der Waals surface area contributed by atoms with Crippen LogP contribution in [0, 0.1) is 0 Å². The van der Waals surface area contributed by atoms with Crippen molar-refractivity contribution in [2.45, 2.75) is 18.9 Å². The fourth-order valence-corrected chi connectivity index (χ4v) is 2.58. The van der Waals surface area contributed by atoms with Crippen LogP contribution in [0.3, 0.4) is 0 Å². The second-order valence-corrected chi connectivity index (χ2v) is 5.43. The van der Waals surface area contributed by atoms with E-state index in [-0.39, 0.29) is 6.04 Å². The van der Waals surface area contributed by atoms with Crippen LogP contribution in [0.25, 0.3) is 11.3 Å². The van der Waals surface area contributed by atoms with Crippen LogP contribution < -0.4 is 5.73 Å². The molecule has 3 heteroatoms. The highest BCUT2D eigenvalue weighted by Gasteiger charge is 2.18. The number of rotatable bonds is 1. The molecule has 0 aliphatic heterocycles. The Morgan fingerprint density at radius 3 is 2.59 bits per heavy atom. The van der Waals surface area contributed by atoms with Crippen molar-refractivity contribution in [3.63, 3.8) is 0 Å². The first-order valence-electron chi connectivity index (χ1n) is 5.72. The van der Waals surface area contributed by atoms with Gasteiger partial charge in [-0.2, -0.15) is 0 Å². The minimum absolute atomic E-state index is 0.270. The minimum Gasteiger partial charge on any atom is -0.327 e. The van der Waals surface area contributed by atoms with Gasteiger partial charge < -0.3 is 5.73 Å². The van der Waals surface area contributed by atoms with Gasteiger partial charge in [0.05, 0.1) is 5.69 Å². The van der Waals surface area contributed by atoms with Crippen LogP contribution in [0.2, 0.25) is 0 Å². The van der Waals surface area contributed by atoms with E-state index in [2.05, 4.69) is 39.1 Å². The number of aromatic nitrogens is 1. The van der Waals surface area contributed by atoms with E-state index in [1.54, 1.807) is 0 Å². The zero-order chi connectivity index (χ0) is 11.8. The SMILES string of the molecule is NC1Cc2cnc(-c3ccc(Br)cc3)cc2C1. The number of nitrogens with two attached hydrogens (primary N) is 1. The molecular formula is C14H13BrN2. The van der Waals surface area contributed by atoms with E-state index >= 15 is 0 Å². The third-order valence-corrected chi connectivity index (χ3v) is 3.72. The van der Waals surface area contributed by atoms with Crippen LogP contribution in [0.5, 0.6) is 0 Å². The zero-order valence-corrected chi connectivity index (χ0v) is 10.9. The number of fused-ring (bicyclic) bond motifs is 1. The standard InChI is InChI=1S/C14H13BrN2/c15-12-3-1-9(2-4-12)14-7-10-5-13(16)6-11(10)8-17-14/h1-4,7-8,13H,5-6,16H2. The molecule has 2 nitrogen and oxygen atoms in total. The summed E-state index contributed by atoms with van der Waals surface area (Å²) in [7, 11) is 0. The largest absolute Gasteiger partial charge is 0.327 e. The fourth-order valence-electron chi connectivity index (χ4n) is 2.31. The Morgan fingerprint density at radius 2 is 1.82 bits per heavy atom. The van der Waals surface area contributed by atoms with Crippen molar-refractivity contribution < 1.29 is 0 Å². The first kappa shape index (κ1) is 10.9. The third kappa shape index (κ3) is 2.13. The number of hydrogen-bond donors (Lipinski definition) is 1. The zero-order valence-electron chi connectivity index (χ0n) is 9.36. The van der Waals surface area contributed by atoms with Crippen LogP contribution in [0.15, 0.2) is 41.0 Å². The number of pyridine rings is 1. The summed E-state index contributed by atoms with van der Waals surface area (Å²) >= 11 is 3.44. The molecule has 2 N–H and O–H groups in total. The summed E-state index contributed by atoms with van der Waals surface area (Å²) in [4.78, 5) is 4.51. The first-order chi connectivity index (χ1) is 8.22. The van der Waals surface area contributed by atoms with Crippen LogP contribution >= 0.6 is 15.9 Å². The smallest absolute Gasteiger partial charge is 0.0704 e. The van der Waals surface area contributed by atoms with Gasteiger partial charge in [0, 0.05) is 22.3 Å². The molecule has 0 fully saturated rings. The van der Waals surface area contributed by atoms with Gasteiger partial charge in [-0.05, 0) is 42.2 Å². The first-order valence-corrected chi connectivity index (χ1v) is 6.51. The van der Waals surface area contributed by atoms with E-state index in [4.69, 9.17) is 5.73 Å². The van der Waals surface area contributed by atoms with Crippen molar-refractivity contribution >= 4 is 15.9 Å². The number of hydrogen-bond acceptors (Lipinski definition) is 2. The Morgan fingerprint density at radius 1 is 1.12 bits per heavy atom. The summed E-state index contributed by atoms with van der Waals surface area (Å²) in [6, 6.07) is 10.7. The van der Waals surface area contributed by atoms with Crippen molar-refractivity contribution in [2.75, 3.05) is 0 Å². The summed E-state index contributed by atoms with van der Waals surface area (Å²) in [5.74, 6) is 0. The van der Waals surface area contributed by atoms with E-state index < -0.39 is 0 Å². The van der Waals surface area contributed by atoms with E-state index in [0.29, 0.717) is 0 Å². The molecule has 86 valence electrons. The highest BCUT2D eigenvalue weighted by Crippen LogP contribution is 2.26. The predicted octanol–water partition coefficient (Wildman–Crippen LogP) is 2.94. The Balaban J connectivity index is 2.00. The van der Waals surface area contributed by atoms with Gasteiger partial charge in [-0.25, -0.2) is 0 Å². The second-order valence-electron chi connectivity index (χ2n) is 4.51. The highest BCUT2D eigenvalue weighted by molar-refractivity contribution is 9.10. The number of nitrogens with zero attached hydrogens (tertiary/aromatic N) is 1. The van der Waals surface area contributed by atoms with Crippen molar-refractivity contribution in [3.8, 4) is 11.3 Å². The molecule has 1 aliphatic rings. The fraction of sp³-hybridized carbons (Fsp3) is 0.214. The van der Waals surface area contributed by atoms with Gasteiger partial charge in [-0.3, -0.25) is 4.98 Å². The molecule has 1 atom stereocenters. The van der Waals surface area contributed by atoms with Crippen LogP contribution in [-0.4, -0.2) is 11.0 Å². The maximum atomic E-state index is 5.96. The summed E-state index contributed by atoms with van der Waals surface area (Å²) in [6.07, 6.45) is 3.91. The molecule has 0 radical (unpaired) electrons. The predicted molar refractivity (Wildman–Crippen MR) is 72.8 cm³/mol. The normalized spacial score (nSPS) is 18.1. The molecule has 1 aromatic heterocycles. The molecule has 0 bridgehead atoms. The Labute approximate surface area is 109 Å². The lowest BCUT2D eigenvalue weighted by molar-refractivity contribution is 0.721. The topological polar surface area (TPSA) is 38.9 Å². The minimum atomic E-state index is 0.270. The quantitative estimate of drug-likeness (QED) is 0.876. The van der Waals surface area contributed by atoms with Gasteiger partial charge in [-0.15, -0.1) is 0 Å². The van der Waals surface area contributed by atoms with Crippen LogP contribution in [-0.2, 0) is 12.8 Å². The Kier molecular flexibility index (Phi) is 2.73. The molecule has 0 amide bonds. The lowest BCUT2D eigenvalue weighted by Gasteiger charge is -2.04. The Hall–Kier alpha value is -1.19. The number of benzene rings is 1. The molecule has 1 unspecified atom stereocenters. The lowest BCUT2D eigenvalue weighted by atomic mass is 10.1. The Bertz CT molecular complexity index is 549. The molecular weight excluding hydrogens is 276 g/mol. The molecule has 3 rings (SSSR count). The molecule has 1 aromatic carbocycles. The molecule has 17 heavy (non-hydrogen) atoms. The third-order valence-electron chi connectivity index (χ3n) is 3.19. The van der Waals surface area contributed by atoms with Crippen molar-refractivity contribution in [3.05, 3.63) is 52.1 Å². The maximum absolute atomic E-state index is 5.96. The molecule has 0 spiro atoms. The van der Waals surface area contributed by atoms with Gasteiger partial charge in [-0.1, -0.05) is 28.1 Å². The molecule has 2 aromatic rings. The van der Waals surface area contributed by atoms with Crippen molar-refractivity contribution in [2.24, 2.45) is 5.73 Å². The summed E-state index contributed by atoms with van der Waals surface area (Å²) in [5, 5.41) is 0. The van der Waals surface area contributed by atoms with E-state index in [0.717, 1.165) is 28.6 Å². The molecule has 1 aliphatic carbocycles. The van der Waals surface area contributed by atoms with Crippen LogP contribution in [0.4, 0.5) is 0 Å². The van der Waals surface area contributed by atoms with E-state index in [9.17, 15) is 0 Å². The average Bonchev–Trinajstić information content (AvgIpc) is 2.69.